The number of nitrogens with zero attached hydrogens (tertiary/aromatic N) is 1. The first-order valence-corrected chi connectivity index (χ1v) is 13.7. The number of hydrogen-bond donors (Lipinski definition) is 1. The molecule has 0 unspecified atom stereocenters. The number of carboxylic acids is 1. The van der Waals surface area contributed by atoms with Gasteiger partial charge in [-0.25, -0.2) is 4.79 Å². The van der Waals surface area contributed by atoms with Gasteiger partial charge in [-0.2, -0.15) is 13.2 Å². The first kappa shape index (κ1) is 28.7. The van der Waals surface area contributed by atoms with E-state index in [4.69, 9.17) is 16.3 Å². The predicted octanol–water partition coefficient (Wildman–Crippen LogP) is 7.20. The molecule has 0 saturated carbocycles. The molecule has 5 nitrogen and oxygen atoms in total. The van der Waals surface area contributed by atoms with Crippen LogP contribution >= 0.6 is 56.8 Å². The van der Waals surface area contributed by atoms with Gasteiger partial charge in [0.2, 0.25) is 5.91 Å². The molecule has 198 valence electrons. The summed E-state index contributed by atoms with van der Waals surface area (Å²) in [6.07, 6.45) is -1.42. The summed E-state index contributed by atoms with van der Waals surface area (Å²) >= 11 is 10.0. The fourth-order valence-electron chi connectivity index (χ4n) is 4.06. The lowest BCUT2D eigenvalue weighted by molar-refractivity contribution is -0.149. The van der Waals surface area contributed by atoms with Gasteiger partial charge in [-0.15, -0.1) is 0 Å². The van der Waals surface area contributed by atoms with Crippen molar-refractivity contribution in [2.45, 2.75) is 31.8 Å². The van der Waals surface area contributed by atoms with E-state index in [1.165, 1.54) is 17.0 Å². The van der Waals surface area contributed by atoms with Crippen LogP contribution in [0.1, 0.15) is 27.8 Å². The number of halogens is 6. The minimum Gasteiger partial charge on any atom is -0.487 e. The summed E-state index contributed by atoms with van der Waals surface area (Å²) in [4.78, 5) is 26.4. The van der Waals surface area contributed by atoms with Crippen LogP contribution in [-0.2, 0) is 35.3 Å². The van der Waals surface area contributed by atoms with Gasteiger partial charge in [0.15, 0.2) is 0 Å². The summed E-state index contributed by atoms with van der Waals surface area (Å²) in [6.45, 7) is -0.0376. The Kier molecular flexibility index (Phi) is 8.92. The number of carboxylic acid groups (broad SMARTS) is 1. The summed E-state index contributed by atoms with van der Waals surface area (Å²) < 4.78 is 46.6. The van der Waals surface area contributed by atoms with E-state index in [-0.39, 0.29) is 19.6 Å². The molecule has 0 aliphatic carbocycles. The molecule has 0 fully saturated rings. The van der Waals surface area contributed by atoms with Crippen LogP contribution in [-0.4, -0.2) is 27.9 Å². The molecular weight excluding hydrogens is 749 g/mol. The zero-order valence-corrected chi connectivity index (χ0v) is 24.5. The summed E-state index contributed by atoms with van der Waals surface area (Å²) in [5.41, 5.74) is 1.87. The van der Waals surface area contributed by atoms with E-state index in [0.29, 0.717) is 23.5 Å². The maximum Gasteiger partial charge on any atom is 0.416 e. The molecule has 11 heteroatoms. The minimum atomic E-state index is -4.46. The zero-order valence-electron chi connectivity index (χ0n) is 19.4. The molecule has 0 aromatic heterocycles. The Morgan fingerprint density at radius 1 is 1.13 bits per heavy atom. The molecule has 0 bridgehead atoms. The fraction of sp³-hybridized carbons (Fsp3) is 0.185. The van der Waals surface area contributed by atoms with Crippen LogP contribution in [0, 0.1) is 7.14 Å². The second-order valence-electron chi connectivity index (χ2n) is 8.54. The van der Waals surface area contributed by atoms with Crippen molar-refractivity contribution in [3.8, 4) is 5.75 Å². The molecular formula is C27H19ClF3I2NO4. The third kappa shape index (κ3) is 6.63. The smallest absolute Gasteiger partial charge is 0.416 e. The highest BCUT2D eigenvalue weighted by Crippen LogP contribution is 2.38. The highest BCUT2D eigenvalue weighted by molar-refractivity contribution is 14.1. The molecule has 3 aromatic carbocycles. The van der Waals surface area contributed by atoms with Crippen molar-refractivity contribution < 1.29 is 32.6 Å². The van der Waals surface area contributed by atoms with Crippen LogP contribution in [0.25, 0.3) is 6.08 Å². The number of benzene rings is 3. The average Bonchev–Trinajstić information content (AvgIpc) is 2.87. The number of fused-ring (bicyclic) bond motifs is 1. The van der Waals surface area contributed by atoms with Crippen molar-refractivity contribution in [1.29, 1.82) is 0 Å². The van der Waals surface area contributed by atoms with E-state index < -0.39 is 29.7 Å². The van der Waals surface area contributed by atoms with Crippen molar-refractivity contribution in [3.05, 3.63) is 101 Å². The number of rotatable bonds is 6. The monoisotopic (exact) mass is 767 g/mol. The van der Waals surface area contributed by atoms with Crippen molar-refractivity contribution in [2.24, 2.45) is 0 Å². The summed E-state index contributed by atoms with van der Waals surface area (Å²) in [5, 5.41) is 10.4. The first-order chi connectivity index (χ1) is 17.9. The topological polar surface area (TPSA) is 66.8 Å². The van der Waals surface area contributed by atoms with Crippen LogP contribution in [0.15, 0.2) is 60.7 Å². The largest absolute Gasteiger partial charge is 0.487 e. The maximum absolute atomic E-state index is 13.1. The van der Waals surface area contributed by atoms with Gasteiger partial charge in [0.1, 0.15) is 18.4 Å². The number of carbonyl (C=O) groups excluding carboxylic acids is 1. The molecule has 1 atom stereocenters. The van der Waals surface area contributed by atoms with E-state index in [2.05, 4.69) is 45.2 Å². The highest BCUT2D eigenvalue weighted by Gasteiger charge is 2.36. The van der Waals surface area contributed by atoms with Gasteiger partial charge in [0.25, 0.3) is 0 Å². The standard InChI is InChI=1S/C27H19ClF3I2NO4/c28-19-7-4-15(5-8-19)6-9-23(35)34-13-20-17(12-22(34)26(36)37)11-21(32)25(24(20)33)38-14-16-2-1-3-18(10-16)27(29,30)31/h1-11,22H,12-14H2,(H,36,37)/b9-6+/t22-/m0/s1. The molecule has 4 rings (SSSR count). The second-order valence-corrected chi connectivity index (χ2v) is 11.2. The summed E-state index contributed by atoms with van der Waals surface area (Å²) in [6, 6.07) is 12.5. The molecule has 38 heavy (non-hydrogen) atoms. The lowest BCUT2D eigenvalue weighted by atomic mass is 9.93. The molecule has 1 heterocycles. The van der Waals surface area contributed by atoms with E-state index in [1.54, 1.807) is 42.5 Å². The predicted molar refractivity (Wildman–Crippen MR) is 154 cm³/mol. The molecule has 1 amide bonds. The average molecular weight is 768 g/mol. The first-order valence-electron chi connectivity index (χ1n) is 11.2. The molecule has 0 spiro atoms. The van der Waals surface area contributed by atoms with Crippen molar-refractivity contribution in [3.63, 3.8) is 0 Å². The molecule has 3 aromatic rings. The van der Waals surface area contributed by atoms with E-state index >= 15 is 0 Å². The van der Waals surface area contributed by atoms with Gasteiger partial charge >= 0.3 is 12.1 Å². The Hall–Kier alpha value is -2.32. The summed E-state index contributed by atoms with van der Waals surface area (Å²) in [7, 11) is 0. The number of alkyl halides is 3. The second kappa shape index (κ2) is 11.8. The Morgan fingerprint density at radius 3 is 2.50 bits per heavy atom. The molecule has 1 aliphatic rings. The van der Waals surface area contributed by atoms with Crippen molar-refractivity contribution in [1.82, 2.24) is 4.90 Å². The third-order valence-corrected chi connectivity index (χ3v) is 8.18. The van der Waals surface area contributed by atoms with Gasteiger partial charge in [-0.1, -0.05) is 35.9 Å². The van der Waals surface area contributed by atoms with Gasteiger partial charge in [-0.05, 0) is 104 Å². The quantitative estimate of drug-likeness (QED) is 0.213. The van der Waals surface area contributed by atoms with Crippen molar-refractivity contribution >= 4 is 74.7 Å². The minimum absolute atomic E-state index is 0.0468. The van der Waals surface area contributed by atoms with Crippen LogP contribution < -0.4 is 4.74 Å². The Morgan fingerprint density at radius 2 is 1.84 bits per heavy atom. The molecule has 0 radical (unpaired) electrons. The zero-order chi connectivity index (χ0) is 27.6. The lowest BCUT2D eigenvalue weighted by Gasteiger charge is -2.35. The third-order valence-electron chi connectivity index (χ3n) is 5.98. The Balaban J connectivity index is 1.59. The SMILES string of the molecule is O=C(O)[C@@H]1Cc2cc(I)c(OCc3cccc(C(F)(F)F)c3)c(I)c2CN1C(=O)/C=C/c1ccc(Cl)cc1. The Bertz CT molecular complexity index is 1410. The number of amides is 1. The maximum atomic E-state index is 13.1. The fourth-order valence-corrected chi connectivity index (χ4v) is 6.46. The van der Waals surface area contributed by atoms with Crippen LogP contribution in [0.3, 0.4) is 0 Å². The molecule has 0 saturated heterocycles. The van der Waals surface area contributed by atoms with Gasteiger partial charge in [0, 0.05) is 24.1 Å². The molecule has 1 N–H and O–H groups in total. The van der Waals surface area contributed by atoms with Gasteiger partial charge < -0.3 is 14.7 Å². The highest BCUT2D eigenvalue weighted by atomic mass is 127. The van der Waals surface area contributed by atoms with Gasteiger partial charge in [0.05, 0.1) is 12.7 Å². The van der Waals surface area contributed by atoms with E-state index in [9.17, 15) is 27.9 Å². The molecule has 1 aliphatic heterocycles. The Labute approximate surface area is 248 Å². The summed E-state index contributed by atoms with van der Waals surface area (Å²) in [5.74, 6) is -1.10. The van der Waals surface area contributed by atoms with Crippen LogP contribution in [0.5, 0.6) is 5.75 Å². The normalized spacial score (nSPS) is 15.4. The van der Waals surface area contributed by atoms with Crippen molar-refractivity contribution in [2.75, 3.05) is 0 Å². The number of hydrogen-bond acceptors (Lipinski definition) is 3. The number of aliphatic carboxylic acids is 1. The van der Waals surface area contributed by atoms with E-state index in [0.717, 1.165) is 28.8 Å². The van der Waals surface area contributed by atoms with Gasteiger partial charge in [-0.3, -0.25) is 4.79 Å². The number of carbonyl (C=O) groups is 2. The van der Waals surface area contributed by atoms with E-state index in [1.807, 2.05) is 0 Å². The lowest BCUT2D eigenvalue weighted by Crippen LogP contribution is -2.48. The number of ether oxygens (including phenoxy) is 1. The van der Waals surface area contributed by atoms with Crippen LogP contribution in [0.2, 0.25) is 5.02 Å². The van der Waals surface area contributed by atoms with Crippen LogP contribution in [0.4, 0.5) is 13.2 Å².